The molecule has 2 saturated carbocycles. The van der Waals surface area contributed by atoms with Gasteiger partial charge in [-0.05, 0) is 63.5 Å². The van der Waals surface area contributed by atoms with E-state index < -0.39 is 106 Å². The molecular weight excluding hydrogens is 790 g/mol. The molecule has 1 saturated heterocycles. The van der Waals surface area contributed by atoms with E-state index in [2.05, 4.69) is 5.32 Å². The van der Waals surface area contributed by atoms with Gasteiger partial charge in [0.25, 0.3) is 0 Å². The number of amides is 1. The molecule has 6 rings (SSSR count). The molecule has 0 unspecified atom stereocenters. The fraction of sp³-hybridized carbons (Fsp3) is 0.587. The van der Waals surface area contributed by atoms with Crippen molar-refractivity contribution < 1.29 is 67.0 Å². The Kier molecular flexibility index (Phi) is 12.7. The first-order valence-corrected chi connectivity index (χ1v) is 20.5. The largest absolute Gasteiger partial charge is 0.456 e. The third-order valence-corrected chi connectivity index (χ3v) is 13.3. The number of ketones is 1. The maximum atomic E-state index is 15.6. The summed E-state index contributed by atoms with van der Waals surface area (Å²) in [5.74, 6) is -4.18. The van der Waals surface area contributed by atoms with Crippen LogP contribution in [0.1, 0.15) is 90.2 Å². The first-order chi connectivity index (χ1) is 28.6. The van der Waals surface area contributed by atoms with Crippen LogP contribution in [0.5, 0.6) is 0 Å². The van der Waals surface area contributed by atoms with E-state index in [-0.39, 0.29) is 25.0 Å². The van der Waals surface area contributed by atoms with Gasteiger partial charge in [0.2, 0.25) is 0 Å². The molecule has 2 N–H and O–H groups in total. The molecular formula is C46H59NO14. The highest BCUT2D eigenvalue weighted by atomic mass is 16.6. The molecule has 1 aliphatic heterocycles. The number of fused-ring (bicyclic) bond motifs is 5. The summed E-state index contributed by atoms with van der Waals surface area (Å²) >= 11 is 0. The molecule has 332 valence electrons. The minimum Gasteiger partial charge on any atom is -0.456 e. The van der Waals surface area contributed by atoms with Gasteiger partial charge in [0.1, 0.15) is 35.6 Å². The zero-order valence-electron chi connectivity index (χ0n) is 36.8. The Morgan fingerprint density at radius 2 is 1.54 bits per heavy atom. The molecule has 2 bridgehead atoms. The summed E-state index contributed by atoms with van der Waals surface area (Å²) in [7, 11) is 4.12. The summed E-state index contributed by atoms with van der Waals surface area (Å²) < 4.78 is 48.6. The number of carbonyl (C=O) groups excluding carboxylic acids is 5. The Morgan fingerprint density at radius 3 is 2.07 bits per heavy atom. The van der Waals surface area contributed by atoms with Crippen molar-refractivity contribution in [2.45, 2.75) is 128 Å². The van der Waals surface area contributed by atoms with E-state index in [0.717, 1.165) is 0 Å². The van der Waals surface area contributed by atoms with E-state index in [4.69, 9.17) is 37.9 Å². The number of carbonyl (C=O) groups is 5. The third kappa shape index (κ3) is 7.88. The Labute approximate surface area is 356 Å². The number of alkyl carbamates (subject to hydrolysis) is 1. The fourth-order valence-corrected chi connectivity index (χ4v) is 10.3. The van der Waals surface area contributed by atoms with E-state index in [1.165, 1.54) is 28.3 Å². The van der Waals surface area contributed by atoms with Crippen molar-refractivity contribution in [1.29, 1.82) is 0 Å². The van der Waals surface area contributed by atoms with Crippen molar-refractivity contribution >= 4 is 29.8 Å². The lowest BCUT2D eigenvalue weighted by Crippen LogP contribution is -2.82. The predicted octanol–water partition coefficient (Wildman–Crippen LogP) is 5.22. The zero-order valence-corrected chi connectivity index (χ0v) is 36.8. The van der Waals surface area contributed by atoms with Gasteiger partial charge in [-0.3, -0.25) is 9.59 Å². The number of methoxy groups -OCH3 is 3. The zero-order chi connectivity index (χ0) is 44.9. The van der Waals surface area contributed by atoms with Gasteiger partial charge < -0.3 is 48.3 Å². The summed E-state index contributed by atoms with van der Waals surface area (Å²) in [5, 5.41) is 16.6. The molecule has 15 nitrogen and oxygen atoms in total. The number of nitrogens with one attached hydrogen (secondary N) is 1. The average Bonchev–Trinajstić information content (AvgIpc) is 3.19. The minimum atomic E-state index is -2.18. The molecule has 0 spiro atoms. The van der Waals surface area contributed by atoms with Gasteiger partial charge >= 0.3 is 24.0 Å². The molecule has 0 radical (unpaired) electrons. The number of ether oxygens (including phenoxy) is 8. The Bertz CT molecular complexity index is 2030. The molecule has 2 aromatic rings. The molecule has 15 heteroatoms. The topological polar surface area (TPSA) is 191 Å². The van der Waals surface area contributed by atoms with Crippen LogP contribution in [0.2, 0.25) is 0 Å². The number of benzene rings is 2. The van der Waals surface area contributed by atoms with Crippen LogP contribution in [0.15, 0.2) is 71.8 Å². The number of Topliss-reactive ketones (excluding diaryl/α,β-unsaturated/α-hetero) is 1. The van der Waals surface area contributed by atoms with Crippen LogP contribution in [0, 0.1) is 16.7 Å². The lowest BCUT2D eigenvalue weighted by atomic mass is 9.44. The van der Waals surface area contributed by atoms with E-state index >= 15 is 4.79 Å². The van der Waals surface area contributed by atoms with Crippen molar-refractivity contribution in [3.63, 3.8) is 0 Å². The molecule has 1 heterocycles. The third-order valence-electron chi connectivity index (χ3n) is 13.3. The number of rotatable bonds is 11. The average molecular weight is 850 g/mol. The second-order valence-corrected chi connectivity index (χ2v) is 18.2. The van der Waals surface area contributed by atoms with Crippen LogP contribution in [-0.2, 0) is 52.3 Å². The van der Waals surface area contributed by atoms with Crippen molar-refractivity contribution in [3.8, 4) is 0 Å². The first kappa shape index (κ1) is 45.8. The normalized spacial score (nSPS) is 32.6. The van der Waals surface area contributed by atoms with Crippen molar-refractivity contribution in [2.24, 2.45) is 16.7 Å². The molecule has 2 aromatic carbocycles. The first-order valence-electron chi connectivity index (χ1n) is 20.5. The van der Waals surface area contributed by atoms with Crippen molar-refractivity contribution in [2.75, 3.05) is 27.9 Å². The molecule has 11 atom stereocenters. The highest BCUT2D eigenvalue weighted by Crippen LogP contribution is 2.64. The lowest BCUT2D eigenvalue weighted by molar-refractivity contribution is -0.347. The monoisotopic (exact) mass is 849 g/mol. The number of aliphatic hydroxyl groups is 1. The maximum Gasteiger partial charge on any atom is 0.408 e. The second kappa shape index (κ2) is 16.9. The second-order valence-electron chi connectivity index (χ2n) is 18.2. The SMILES string of the molecule is CO[C@H]1C(=O)[C@]2(C)[C@@H](OC)C[C@H]3OC[C@@]3(OC(C)=O)[C@H]2[C@H](OC(=O)c2ccccc2)[C@@]2(O)C[C@H](OC(=O)[C@H](OC)[C@@H](NC(=O)OC(C)(C)C)c3ccccc3)C(C)=C1C2(C)C. The van der Waals surface area contributed by atoms with Gasteiger partial charge in [-0.1, -0.05) is 62.4 Å². The molecule has 0 aromatic heterocycles. The number of hydrogen-bond donors (Lipinski definition) is 2. The molecule has 1 amide bonds. The van der Waals surface area contributed by atoms with Crippen LogP contribution in [0.3, 0.4) is 0 Å². The molecule has 3 fully saturated rings. The van der Waals surface area contributed by atoms with E-state index in [1.807, 2.05) is 0 Å². The van der Waals surface area contributed by atoms with Crippen LogP contribution >= 0.6 is 0 Å². The minimum absolute atomic E-state index is 0.136. The number of hydrogen-bond acceptors (Lipinski definition) is 14. The Balaban J connectivity index is 1.53. The summed E-state index contributed by atoms with van der Waals surface area (Å²) in [5.41, 5.74) is -6.31. The standard InChI is InChI=1S/C46H59NO14/c1-25-29(58-40(51)35(56-11)33(27-18-14-12-15-19-27)47-41(52)61-42(3,4)5)23-46(53)38(59-39(50)28-20-16-13-17-21-28)36-44(8,37(49)34(55-10)32(25)43(46,6)7)30(54-9)22-31-45(36,24-57-31)60-26(2)48/h12-21,29-31,33-36,38,53H,22-24H2,1-11H3,(H,47,52)/t29-,30-,31+,33-,34+,35+,36-,38-,44+,45-,46-/m0/s1. The van der Waals surface area contributed by atoms with Crippen LogP contribution in [0.4, 0.5) is 4.79 Å². The van der Waals surface area contributed by atoms with Gasteiger partial charge in [0, 0.05) is 46.5 Å². The van der Waals surface area contributed by atoms with Gasteiger partial charge in [-0.25, -0.2) is 14.4 Å². The lowest BCUT2D eigenvalue weighted by Gasteiger charge is -2.67. The van der Waals surface area contributed by atoms with Crippen LogP contribution in [0.25, 0.3) is 0 Å². The smallest absolute Gasteiger partial charge is 0.408 e. The maximum absolute atomic E-state index is 15.6. The Hall–Kier alpha value is -4.67. The summed E-state index contributed by atoms with van der Waals surface area (Å²) in [6.45, 7) is 13.0. The summed E-state index contributed by atoms with van der Waals surface area (Å²) in [6, 6.07) is 15.8. The van der Waals surface area contributed by atoms with Gasteiger partial charge in [-0.15, -0.1) is 0 Å². The molecule has 61 heavy (non-hydrogen) atoms. The van der Waals surface area contributed by atoms with Gasteiger partial charge in [0.05, 0.1) is 35.6 Å². The molecule has 3 aliphatic carbocycles. The highest BCUT2D eigenvalue weighted by Gasteiger charge is 2.78. The molecule has 4 aliphatic rings. The van der Waals surface area contributed by atoms with Crippen LogP contribution in [-0.4, -0.2) is 116 Å². The number of esters is 3. The Morgan fingerprint density at radius 1 is 0.918 bits per heavy atom. The van der Waals surface area contributed by atoms with Crippen molar-refractivity contribution in [3.05, 3.63) is 82.9 Å². The summed E-state index contributed by atoms with van der Waals surface area (Å²) in [6.07, 6.45) is -8.42. The van der Waals surface area contributed by atoms with E-state index in [0.29, 0.717) is 16.7 Å². The highest BCUT2D eigenvalue weighted by molar-refractivity contribution is 5.94. The van der Waals surface area contributed by atoms with E-state index in [1.54, 1.807) is 109 Å². The van der Waals surface area contributed by atoms with E-state index in [9.17, 15) is 24.3 Å². The quantitative estimate of drug-likeness (QED) is 0.170. The van der Waals surface area contributed by atoms with Crippen LogP contribution < -0.4 is 5.32 Å². The fourth-order valence-electron chi connectivity index (χ4n) is 10.3. The van der Waals surface area contributed by atoms with Gasteiger partial charge in [0.15, 0.2) is 17.5 Å². The summed E-state index contributed by atoms with van der Waals surface area (Å²) in [4.78, 5) is 70.8. The van der Waals surface area contributed by atoms with Crippen molar-refractivity contribution in [1.82, 2.24) is 5.32 Å². The predicted molar refractivity (Wildman–Crippen MR) is 218 cm³/mol. The van der Waals surface area contributed by atoms with Gasteiger partial charge in [-0.2, -0.15) is 0 Å².